The van der Waals surface area contributed by atoms with Crippen LogP contribution in [0.3, 0.4) is 0 Å². The maximum atomic E-state index is 13.7. The Labute approximate surface area is 150 Å². The number of aromatic nitrogens is 2. The van der Waals surface area contributed by atoms with Gasteiger partial charge in [-0.15, -0.1) is 0 Å². The molecule has 0 amide bonds. The minimum atomic E-state index is -0.368. The van der Waals surface area contributed by atoms with Crippen LogP contribution in [0.1, 0.15) is 11.3 Å². The van der Waals surface area contributed by atoms with E-state index in [1.165, 1.54) is 6.07 Å². The lowest BCUT2D eigenvalue weighted by Crippen LogP contribution is -2.36. The number of nitrogens with zero attached hydrogens (tertiary/aromatic N) is 4. The zero-order valence-corrected chi connectivity index (χ0v) is 14.3. The number of pyridine rings is 2. The summed E-state index contributed by atoms with van der Waals surface area (Å²) in [6.07, 6.45) is 7.12. The lowest BCUT2D eigenvalue weighted by Gasteiger charge is -2.23. The molecular formula is C20H17FN4O. The van der Waals surface area contributed by atoms with E-state index in [2.05, 4.69) is 15.0 Å². The van der Waals surface area contributed by atoms with Crippen molar-refractivity contribution in [3.05, 3.63) is 82.6 Å². The number of halogens is 1. The van der Waals surface area contributed by atoms with Gasteiger partial charge in [-0.05, 0) is 36.8 Å². The van der Waals surface area contributed by atoms with Gasteiger partial charge in [-0.2, -0.15) is 0 Å². The molecule has 1 aromatic carbocycles. The number of ether oxygens (including phenoxy) is 1. The Bertz CT molecular complexity index is 1070. The van der Waals surface area contributed by atoms with E-state index in [4.69, 9.17) is 4.74 Å². The summed E-state index contributed by atoms with van der Waals surface area (Å²) < 4.78 is 19.4. The molecule has 0 saturated heterocycles. The first-order chi connectivity index (χ1) is 12.7. The van der Waals surface area contributed by atoms with Gasteiger partial charge in [0.05, 0.1) is 5.36 Å². The molecule has 3 heterocycles. The number of benzene rings is 1. The highest BCUT2D eigenvalue weighted by molar-refractivity contribution is 5.65. The topological polar surface area (TPSA) is 50.6 Å². The molecule has 0 fully saturated rings. The molecule has 130 valence electrons. The average Bonchev–Trinajstić information content (AvgIpc) is 2.68. The molecule has 1 aliphatic rings. The molecule has 0 saturated carbocycles. The predicted octanol–water partition coefficient (Wildman–Crippen LogP) is 2.34. The van der Waals surface area contributed by atoms with Gasteiger partial charge in [0.1, 0.15) is 30.5 Å². The Kier molecular flexibility index (Phi) is 4.31. The molecule has 5 nitrogen and oxygen atoms in total. The zero-order valence-electron chi connectivity index (χ0n) is 14.3. The van der Waals surface area contributed by atoms with Crippen LogP contribution in [-0.4, -0.2) is 16.6 Å². The smallest absolute Gasteiger partial charge is 0.148 e. The number of rotatable bonds is 4. The van der Waals surface area contributed by atoms with E-state index in [1.54, 1.807) is 24.7 Å². The van der Waals surface area contributed by atoms with Gasteiger partial charge >= 0.3 is 0 Å². The van der Waals surface area contributed by atoms with Gasteiger partial charge in [-0.25, -0.2) is 4.39 Å². The standard InChI is InChI=1S/C20H17FN4O/c1-14-4-5-16(26-12-19-17(21)3-2-7-23-19)9-20(14)25-11-15-10-22-8-6-18(15)24-13-25/h2-11H,12-13H2,1H3. The largest absolute Gasteiger partial charge is 0.487 e. The molecule has 4 rings (SSSR count). The van der Waals surface area contributed by atoms with E-state index in [-0.39, 0.29) is 18.1 Å². The maximum absolute atomic E-state index is 13.7. The van der Waals surface area contributed by atoms with Crippen LogP contribution in [0.2, 0.25) is 0 Å². The Morgan fingerprint density at radius 2 is 2.12 bits per heavy atom. The highest BCUT2D eigenvalue weighted by Crippen LogP contribution is 2.27. The fourth-order valence-electron chi connectivity index (χ4n) is 2.81. The van der Waals surface area contributed by atoms with E-state index in [1.807, 2.05) is 42.3 Å². The van der Waals surface area contributed by atoms with E-state index in [0.29, 0.717) is 12.4 Å². The third kappa shape index (κ3) is 3.26. The van der Waals surface area contributed by atoms with Crippen molar-refractivity contribution < 1.29 is 9.13 Å². The SMILES string of the molecule is Cc1ccc(OCc2ncccc2F)cc1N1C=c2cnccc2=NC1. The second-order valence-electron chi connectivity index (χ2n) is 6.00. The Balaban J connectivity index is 1.59. The van der Waals surface area contributed by atoms with Crippen LogP contribution in [0.4, 0.5) is 10.1 Å². The molecule has 6 heteroatoms. The predicted molar refractivity (Wildman–Crippen MR) is 96.5 cm³/mol. The number of fused-ring (bicyclic) bond motifs is 1. The molecule has 0 atom stereocenters. The number of hydrogen-bond acceptors (Lipinski definition) is 5. The summed E-state index contributed by atoms with van der Waals surface area (Å²) >= 11 is 0. The van der Waals surface area contributed by atoms with Gasteiger partial charge in [0.25, 0.3) is 0 Å². The van der Waals surface area contributed by atoms with Crippen LogP contribution >= 0.6 is 0 Å². The summed E-state index contributed by atoms with van der Waals surface area (Å²) in [7, 11) is 0. The highest BCUT2D eigenvalue weighted by atomic mass is 19.1. The first-order valence-corrected chi connectivity index (χ1v) is 8.26. The fraction of sp³-hybridized carbons (Fsp3) is 0.150. The van der Waals surface area contributed by atoms with Crippen LogP contribution < -0.4 is 20.2 Å². The molecular weight excluding hydrogens is 331 g/mol. The Morgan fingerprint density at radius 3 is 3.00 bits per heavy atom. The van der Waals surface area contributed by atoms with Crippen molar-refractivity contribution >= 4 is 11.9 Å². The van der Waals surface area contributed by atoms with Crippen molar-refractivity contribution in [3.8, 4) is 5.75 Å². The second-order valence-corrected chi connectivity index (χ2v) is 6.00. The molecule has 1 aliphatic heterocycles. The summed E-state index contributed by atoms with van der Waals surface area (Å²) in [5.41, 5.74) is 2.37. The van der Waals surface area contributed by atoms with Gasteiger partial charge in [0.2, 0.25) is 0 Å². The molecule has 0 bridgehead atoms. The summed E-state index contributed by atoms with van der Waals surface area (Å²) in [6.45, 7) is 2.64. The van der Waals surface area contributed by atoms with Crippen LogP contribution in [0.25, 0.3) is 6.20 Å². The fourth-order valence-corrected chi connectivity index (χ4v) is 2.81. The number of aryl methyl sites for hydroxylation is 1. The molecule has 2 aromatic heterocycles. The van der Waals surface area contributed by atoms with Gasteiger partial charge in [-0.1, -0.05) is 6.07 Å². The first-order valence-electron chi connectivity index (χ1n) is 8.26. The van der Waals surface area contributed by atoms with Gasteiger partial charge < -0.3 is 9.64 Å². The van der Waals surface area contributed by atoms with E-state index in [0.717, 1.165) is 21.8 Å². The van der Waals surface area contributed by atoms with E-state index >= 15 is 0 Å². The molecule has 26 heavy (non-hydrogen) atoms. The molecule has 0 unspecified atom stereocenters. The van der Waals surface area contributed by atoms with Crippen LogP contribution in [0, 0.1) is 12.7 Å². The third-order valence-electron chi connectivity index (χ3n) is 4.22. The van der Waals surface area contributed by atoms with E-state index < -0.39 is 0 Å². The van der Waals surface area contributed by atoms with Crippen molar-refractivity contribution in [1.82, 2.24) is 9.97 Å². The van der Waals surface area contributed by atoms with Crippen LogP contribution in [-0.2, 0) is 6.61 Å². The van der Waals surface area contributed by atoms with Crippen molar-refractivity contribution in [2.45, 2.75) is 13.5 Å². The molecule has 0 aliphatic carbocycles. The number of anilines is 1. The zero-order chi connectivity index (χ0) is 17.9. The summed E-state index contributed by atoms with van der Waals surface area (Å²) in [6, 6.07) is 10.6. The molecule has 3 aromatic rings. The van der Waals surface area contributed by atoms with E-state index in [9.17, 15) is 4.39 Å². The summed E-state index contributed by atoms with van der Waals surface area (Å²) in [5.74, 6) is 0.285. The second kappa shape index (κ2) is 6.92. The minimum Gasteiger partial charge on any atom is -0.487 e. The summed E-state index contributed by atoms with van der Waals surface area (Å²) in [4.78, 5) is 14.8. The average molecular weight is 348 g/mol. The molecule has 0 N–H and O–H groups in total. The Hall–Kier alpha value is -3.28. The lowest BCUT2D eigenvalue weighted by molar-refractivity contribution is 0.294. The van der Waals surface area contributed by atoms with Crippen LogP contribution in [0.15, 0.2) is 60.0 Å². The molecule has 0 radical (unpaired) electrons. The Morgan fingerprint density at radius 1 is 1.19 bits per heavy atom. The van der Waals surface area contributed by atoms with Crippen molar-refractivity contribution in [3.63, 3.8) is 0 Å². The van der Waals surface area contributed by atoms with Gasteiger partial charge in [0.15, 0.2) is 0 Å². The maximum Gasteiger partial charge on any atom is 0.148 e. The third-order valence-corrected chi connectivity index (χ3v) is 4.22. The van der Waals surface area contributed by atoms with Crippen molar-refractivity contribution in [2.24, 2.45) is 4.99 Å². The van der Waals surface area contributed by atoms with Crippen molar-refractivity contribution in [1.29, 1.82) is 0 Å². The van der Waals surface area contributed by atoms with Gasteiger partial charge in [0, 0.05) is 41.8 Å². The lowest BCUT2D eigenvalue weighted by atomic mass is 10.1. The summed E-state index contributed by atoms with van der Waals surface area (Å²) in [5, 5.41) is 1.91. The van der Waals surface area contributed by atoms with Gasteiger partial charge in [-0.3, -0.25) is 15.0 Å². The number of hydrogen-bond donors (Lipinski definition) is 0. The van der Waals surface area contributed by atoms with Crippen molar-refractivity contribution in [2.75, 3.05) is 11.6 Å². The van der Waals surface area contributed by atoms with Crippen LogP contribution in [0.5, 0.6) is 5.75 Å². The first kappa shape index (κ1) is 16.2. The quantitative estimate of drug-likeness (QED) is 0.726. The monoisotopic (exact) mass is 348 g/mol. The molecule has 0 spiro atoms. The normalized spacial score (nSPS) is 12.8. The highest BCUT2D eigenvalue weighted by Gasteiger charge is 2.11. The minimum absolute atomic E-state index is 0.0794.